The third kappa shape index (κ3) is 6.67. The molecule has 0 spiro atoms. The molecule has 1 fully saturated rings. The second-order valence-corrected chi connectivity index (χ2v) is 11.3. The summed E-state index contributed by atoms with van der Waals surface area (Å²) in [5.74, 6) is 0.869. The number of nitrogens with zero attached hydrogens (tertiary/aromatic N) is 2. The van der Waals surface area contributed by atoms with Gasteiger partial charge in [-0.25, -0.2) is 4.79 Å². The molecule has 4 rings (SSSR count). The molecule has 2 aromatic rings. The summed E-state index contributed by atoms with van der Waals surface area (Å²) in [5.41, 5.74) is 3.05. The highest BCUT2D eigenvalue weighted by molar-refractivity contribution is 5.95. The average Bonchev–Trinajstić information content (AvgIpc) is 3.36. The van der Waals surface area contributed by atoms with Crippen molar-refractivity contribution in [2.45, 2.75) is 65.6 Å². The molecular weight excluding hydrogens is 492 g/mol. The van der Waals surface area contributed by atoms with Crippen LogP contribution in [-0.2, 0) is 4.74 Å². The summed E-state index contributed by atoms with van der Waals surface area (Å²) in [4.78, 5) is 30.6. The zero-order valence-corrected chi connectivity index (χ0v) is 24.3. The Balaban J connectivity index is 1.63. The molecular formula is C31H44N4O4. The first-order valence-corrected chi connectivity index (χ1v) is 14.3. The fourth-order valence-electron chi connectivity index (χ4n) is 5.68. The second-order valence-electron chi connectivity index (χ2n) is 11.3. The molecule has 0 aliphatic carbocycles. The smallest absolute Gasteiger partial charge is 0.410 e. The first-order chi connectivity index (χ1) is 18.6. The summed E-state index contributed by atoms with van der Waals surface area (Å²) in [5, 5.41) is 6.79. The molecule has 39 heavy (non-hydrogen) atoms. The van der Waals surface area contributed by atoms with Crippen LogP contribution in [0.2, 0.25) is 0 Å². The number of rotatable bonds is 9. The van der Waals surface area contributed by atoms with E-state index in [1.54, 1.807) is 0 Å². The Hall–Kier alpha value is -3.26. The molecule has 3 unspecified atom stereocenters. The number of carbonyl (C=O) groups excluding carboxylic acids is 2. The Bertz CT molecular complexity index is 1140. The van der Waals surface area contributed by atoms with Crippen molar-refractivity contribution >= 4 is 17.7 Å². The predicted molar refractivity (Wildman–Crippen MR) is 154 cm³/mol. The van der Waals surface area contributed by atoms with Crippen molar-refractivity contribution in [1.82, 2.24) is 15.1 Å². The molecule has 2 aliphatic heterocycles. The van der Waals surface area contributed by atoms with Crippen LogP contribution in [0.15, 0.2) is 42.5 Å². The lowest BCUT2D eigenvalue weighted by atomic mass is 9.79. The van der Waals surface area contributed by atoms with Gasteiger partial charge in [-0.3, -0.25) is 4.79 Å². The van der Waals surface area contributed by atoms with Gasteiger partial charge >= 0.3 is 6.09 Å². The highest BCUT2D eigenvalue weighted by Crippen LogP contribution is 2.51. The van der Waals surface area contributed by atoms with Gasteiger partial charge < -0.3 is 29.9 Å². The molecule has 2 amide bonds. The summed E-state index contributed by atoms with van der Waals surface area (Å²) in [6.45, 7) is 16.4. The van der Waals surface area contributed by atoms with Gasteiger partial charge in [0.15, 0.2) is 0 Å². The average molecular weight is 537 g/mol. The van der Waals surface area contributed by atoms with E-state index in [4.69, 9.17) is 9.47 Å². The maximum atomic E-state index is 13.3. The van der Waals surface area contributed by atoms with Gasteiger partial charge in [-0.1, -0.05) is 26.0 Å². The van der Waals surface area contributed by atoms with E-state index in [0.717, 1.165) is 48.6 Å². The number of fused-ring (bicyclic) bond motifs is 3. The first-order valence-electron chi connectivity index (χ1n) is 14.3. The molecule has 212 valence electrons. The zero-order valence-electron chi connectivity index (χ0n) is 24.3. The lowest BCUT2D eigenvalue weighted by Gasteiger charge is -2.40. The van der Waals surface area contributed by atoms with Gasteiger partial charge in [-0.05, 0) is 88.7 Å². The fraction of sp³-hybridized carbons (Fsp3) is 0.548. The third-order valence-corrected chi connectivity index (χ3v) is 7.60. The first kappa shape index (κ1) is 28.7. The monoisotopic (exact) mass is 536 g/mol. The van der Waals surface area contributed by atoms with Crippen molar-refractivity contribution in [3.05, 3.63) is 59.2 Å². The lowest BCUT2D eigenvalue weighted by Crippen LogP contribution is -2.40. The Labute approximate surface area is 233 Å². The van der Waals surface area contributed by atoms with Gasteiger partial charge in [0, 0.05) is 36.8 Å². The molecule has 0 saturated carbocycles. The Morgan fingerprint density at radius 3 is 2.44 bits per heavy atom. The van der Waals surface area contributed by atoms with Crippen molar-refractivity contribution in [3.8, 4) is 5.75 Å². The van der Waals surface area contributed by atoms with Crippen molar-refractivity contribution in [2.24, 2.45) is 5.92 Å². The normalized spacial score (nSPS) is 20.2. The second kappa shape index (κ2) is 12.3. The number of carbonyl (C=O) groups is 2. The third-order valence-electron chi connectivity index (χ3n) is 7.60. The minimum atomic E-state index is -0.591. The molecule has 0 bridgehead atoms. The van der Waals surface area contributed by atoms with Crippen LogP contribution >= 0.6 is 0 Å². The number of anilines is 1. The Kier molecular flexibility index (Phi) is 9.05. The summed E-state index contributed by atoms with van der Waals surface area (Å²) in [6, 6.07) is 13.8. The van der Waals surface area contributed by atoms with E-state index in [0.29, 0.717) is 25.3 Å². The maximum Gasteiger partial charge on any atom is 0.410 e. The molecule has 2 aliphatic rings. The number of hydrogen-bond donors (Lipinski definition) is 2. The number of likely N-dealkylation sites (tertiary alicyclic amines) is 1. The zero-order chi connectivity index (χ0) is 28.2. The molecule has 2 heterocycles. The number of hydrogen-bond acceptors (Lipinski definition) is 6. The number of likely N-dealkylation sites (N-methyl/N-ethyl adjacent to an activating group) is 1. The highest BCUT2D eigenvalue weighted by Gasteiger charge is 2.47. The van der Waals surface area contributed by atoms with E-state index in [-0.39, 0.29) is 30.0 Å². The quantitative estimate of drug-likeness (QED) is 0.433. The van der Waals surface area contributed by atoms with Crippen LogP contribution in [-0.4, -0.2) is 66.7 Å². The van der Waals surface area contributed by atoms with Gasteiger partial charge in [0.1, 0.15) is 11.4 Å². The van der Waals surface area contributed by atoms with Gasteiger partial charge in [0.05, 0.1) is 18.7 Å². The van der Waals surface area contributed by atoms with E-state index in [1.165, 1.54) is 0 Å². The van der Waals surface area contributed by atoms with Crippen molar-refractivity contribution < 1.29 is 19.1 Å². The Morgan fingerprint density at radius 1 is 1.08 bits per heavy atom. The van der Waals surface area contributed by atoms with Crippen LogP contribution in [0.5, 0.6) is 5.75 Å². The van der Waals surface area contributed by atoms with Crippen molar-refractivity contribution in [2.75, 3.05) is 44.6 Å². The van der Waals surface area contributed by atoms with E-state index >= 15 is 0 Å². The van der Waals surface area contributed by atoms with Crippen molar-refractivity contribution in [3.63, 3.8) is 0 Å². The molecule has 0 radical (unpaired) electrons. The van der Waals surface area contributed by atoms with Crippen LogP contribution in [0.3, 0.4) is 0 Å². The van der Waals surface area contributed by atoms with E-state index < -0.39 is 5.60 Å². The number of amides is 2. The van der Waals surface area contributed by atoms with E-state index in [9.17, 15) is 9.59 Å². The highest BCUT2D eigenvalue weighted by atomic mass is 16.6. The summed E-state index contributed by atoms with van der Waals surface area (Å²) in [7, 11) is 0. The number of nitrogens with one attached hydrogen (secondary N) is 2. The number of ether oxygens (including phenoxy) is 2. The minimum absolute atomic E-state index is 0.0133. The minimum Gasteiger partial charge on any atom is -0.494 e. The summed E-state index contributed by atoms with van der Waals surface area (Å²) < 4.78 is 11.5. The molecule has 8 heteroatoms. The van der Waals surface area contributed by atoms with Gasteiger partial charge in [-0.2, -0.15) is 0 Å². The standard InChI is InChI=1S/C31H44N4O4/c1-7-34(8-2)19-17-32-29(36)22-12-15-26-25(20-22)28-24(16-18-35(28)30(37)39-31(4,5)6)27(33-26)21-10-13-23(14-11-21)38-9-3/h10-15,20,24,27-28,33H,7-9,16-19H2,1-6H3,(H,32,36). The van der Waals surface area contributed by atoms with Crippen LogP contribution in [0, 0.1) is 5.92 Å². The Morgan fingerprint density at radius 2 is 1.79 bits per heavy atom. The molecule has 8 nitrogen and oxygen atoms in total. The molecule has 0 aromatic heterocycles. The van der Waals surface area contributed by atoms with Gasteiger partial charge in [0.2, 0.25) is 0 Å². The molecule has 2 N–H and O–H groups in total. The van der Waals surface area contributed by atoms with Crippen LogP contribution in [0.4, 0.5) is 10.5 Å². The molecule has 2 aromatic carbocycles. The predicted octanol–water partition coefficient (Wildman–Crippen LogP) is 5.62. The fourth-order valence-corrected chi connectivity index (χ4v) is 5.68. The maximum absolute atomic E-state index is 13.3. The molecule has 3 atom stereocenters. The SMILES string of the molecule is CCOc1ccc(C2Nc3ccc(C(=O)NCCN(CC)CC)cc3C3C2CCN3C(=O)OC(C)(C)C)cc1. The molecule has 1 saturated heterocycles. The van der Waals surface area contributed by atoms with Crippen molar-refractivity contribution in [1.29, 1.82) is 0 Å². The van der Waals surface area contributed by atoms with E-state index in [1.807, 2.05) is 62.9 Å². The summed E-state index contributed by atoms with van der Waals surface area (Å²) >= 11 is 0. The largest absolute Gasteiger partial charge is 0.494 e. The van der Waals surface area contributed by atoms with Crippen LogP contribution < -0.4 is 15.4 Å². The van der Waals surface area contributed by atoms with Crippen LogP contribution in [0.25, 0.3) is 0 Å². The van der Waals surface area contributed by atoms with E-state index in [2.05, 4.69) is 41.5 Å². The number of benzene rings is 2. The van der Waals surface area contributed by atoms with Gasteiger partial charge in [-0.15, -0.1) is 0 Å². The lowest BCUT2D eigenvalue weighted by molar-refractivity contribution is 0.0198. The summed E-state index contributed by atoms with van der Waals surface area (Å²) in [6.07, 6.45) is 0.511. The van der Waals surface area contributed by atoms with Gasteiger partial charge in [0.25, 0.3) is 5.91 Å². The topological polar surface area (TPSA) is 83.1 Å². The van der Waals surface area contributed by atoms with Crippen LogP contribution in [0.1, 0.15) is 81.5 Å².